The lowest BCUT2D eigenvalue weighted by molar-refractivity contribution is 0.0297. The summed E-state index contributed by atoms with van der Waals surface area (Å²) in [5.74, 6) is 0. The van der Waals surface area contributed by atoms with Gasteiger partial charge < -0.3 is 9.84 Å². The molecule has 2 heteroatoms. The topological polar surface area (TPSA) is 29.5 Å². The highest BCUT2D eigenvalue weighted by atomic mass is 16.5. The Morgan fingerprint density at radius 3 is 1.00 bits per heavy atom. The number of hydrogen-bond donors (Lipinski definition) is 1. The molecule has 1 unspecified atom stereocenters. The Balaban J connectivity index is 3.10. The van der Waals surface area contributed by atoms with Gasteiger partial charge in [0.2, 0.25) is 0 Å². The second-order valence-corrected chi connectivity index (χ2v) is 11.7. The second kappa shape index (κ2) is 32.9. The summed E-state index contributed by atoms with van der Waals surface area (Å²) >= 11 is 0. The summed E-state index contributed by atoms with van der Waals surface area (Å²) in [6.45, 7) is 5.93. The third-order valence-corrected chi connectivity index (χ3v) is 7.84. The Morgan fingerprint density at radius 1 is 0.389 bits per heavy atom. The molecule has 2 nitrogen and oxygen atoms in total. The Hall–Kier alpha value is -0.0800. The summed E-state index contributed by atoms with van der Waals surface area (Å²) in [5, 5.41) is 10.1. The van der Waals surface area contributed by atoms with Crippen LogP contribution in [-0.4, -0.2) is 24.4 Å². The van der Waals surface area contributed by atoms with Crippen molar-refractivity contribution < 1.29 is 9.84 Å². The lowest BCUT2D eigenvalue weighted by Gasteiger charge is -2.11. The van der Waals surface area contributed by atoms with Crippen molar-refractivity contribution >= 4 is 0 Å². The highest BCUT2D eigenvalue weighted by Crippen LogP contribution is 2.15. The second-order valence-electron chi connectivity index (χ2n) is 11.7. The van der Waals surface area contributed by atoms with Crippen LogP contribution in [0.4, 0.5) is 0 Å². The summed E-state index contributed by atoms with van der Waals surface area (Å²) < 4.78 is 5.70. The van der Waals surface area contributed by atoms with Crippen molar-refractivity contribution in [2.45, 2.75) is 206 Å². The quantitative estimate of drug-likeness (QED) is 0.0911. The number of aliphatic hydroxyl groups excluding tert-OH is 1. The molecule has 0 aromatic carbocycles. The maximum Gasteiger partial charge on any atom is 0.0773 e. The van der Waals surface area contributed by atoms with E-state index in [1.54, 1.807) is 0 Å². The summed E-state index contributed by atoms with van der Waals surface area (Å²) in [7, 11) is 0. The summed E-state index contributed by atoms with van der Waals surface area (Å²) in [6.07, 6.45) is 39.6. The maximum absolute atomic E-state index is 10.1. The van der Waals surface area contributed by atoms with Gasteiger partial charge in [-0.15, -0.1) is 0 Å². The molecule has 0 bridgehead atoms. The minimum absolute atomic E-state index is 0.254. The molecule has 0 aromatic rings. The number of ether oxygens (including phenoxy) is 1. The van der Waals surface area contributed by atoms with E-state index in [1.165, 1.54) is 167 Å². The van der Waals surface area contributed by atoms with E-state index in [-0.39, 0.29) is 6.10 Å². The number of hydrogen-bond acceptors (Lipinski definition) is 2. The van der Waals surface area contributed by atoms with Crippen LogP contribution >= 0.6 is 0 Å². The van der Waals surface area contributed by atoms with Gasteiger partial charge in [0.15, 0.2) is 0 Å². The first kappa shape index (κ1) is 35.9. The standard InChI is InChI=1S/C34H70O2/c1-3-5-7-9-11-13-14-15-16-17-18-19-20-21-22-23-24-26-28-30-32-36-33-34(35)31-29-27-25-12-10-8-6-4-2/h34-35H,3-33H2,1-2H3. The minimum atomic E-state index is -0.254. The van der Waals surface area contributed by atoms with Crippen LogP contribution in [0.2, 0.25) is 0 Å². The predicted molar refractivity (Wildman–Crippen MR) is 162 cm³/mol. The van der Waals surface area contributed by atoms with E-state index in [2.05, 4.69) is 13.8 Å². The SMILES string of the molecule is CCCCCCCCCCCCCCCCCCCCCCOCC(O)CCCCCCCCCC. The Kier molecular flexibility index (Phi) is 32.9. The van der Waals surface area contributed by atoms with E-state index in [0.717, 1.165) is 25.9 Å². The molecule has 0 saturated heterocycles. The molecule has 0 heterocycles. The van der Waals surface area contributed by atoms with Crippen LogP contribution in [-0.2, 0) is 4.74 Å². The van der Waals surface area contributed by atoms with E-state index in [9.17, 15) is 5.11 Å². The molecule has 36 heavy (non-hydrogen) atoms. The third kappa shape index (κ3) is 31.9. The summed E-state index contributed by atoms with van der Waals surface area (Å²) in [5.41, 5.74) is 0. The van der Waals surface area contributed by atoms with Crippen molar-refractivity contribution in [3.05, 3.63) is 0 Å². The Morgan fingerprint density at radius 2 is 0.667 bits per heavy atom. The van der Waals surface area contributed by atoms with Gasteiger partial charge in [-0.25, -0.2) is 0 Å². The van der Waals surface area contributed by atoms with Gasteiger partial charge in [0.05, 0.1) is 12.7 Å². The molecule has 0 rings (SSSR count). The molecule has 0 radical (unpaired) electrons. The van der Waals surface area contributed by atoms with Gasteiger partial charge in [-0.1, -0.05) is 187 Å². The summed E-state index contributed by atoms with van der Waals surface area (Å²) in [6, 6.07) is 0. The zero-order valence-electron chi connectivity index (χ0n) is 25.4. The van der Waals surface area contributed by atoms with Gasteiger partial charge in [0.25, 0.3) is 0 Å². The maximum atomic E-state index is 10.1. The number of rotatable bonds is 32. The fourth-order valence-electron chi connectivity index (χ4n) is 5.28. The first-order chi connectivity index (χ1) is 17.8. The molecular formula is C34H70O2. The molecule has 0 saturated carbocycles. The molecule has 0 aliphatic carbocycles. The van der Waals surface area contributed by atoms with Crippen molar-refractivity contribution in [3.8, 4) is 0 Å². The predicted octanol–water partition coefficient (Wildman–Crippen LogP) is 11.7. The van der Waals surface area contributed by atoms with E-state index < -0.39 is 0 Å². The van der Waals surface area contributed by atoms with E-state index >= 15 is 0 Å². The zero-order chi connectivity index (χ0) is 26.2. The van der Waals surface area contributed by atoms with Gasteiger partial charge in [-0.05, 0) is 12.8 Å². The van der Waals surface area contributed by atoms with Crippen LogP contribution in [0.15, 0.2) is 0 Å². The monoisotopic (exact) mass is 511 g/mol. The van der Waals surface area contributed by atoms with Crippen LogP contribution in [0, 0.1) is 0 Å². The molecule has 0 amide bonds. The fraction of sp³-hybridized carbons (Fsp3) is 1.00. The lowest BCUT2D eigenvalue weighted by Crippen LogP contribution is -2.15. The van der Waals surface area contributed by atoms with Crippen molar-refractivity contribution in [1.82, 2.24) is 0 Å². The van der Waals surface area contributed by atoms with Gasteiger partial charge in [-0.2, -0.15) is 0 Å². The average molecular weight is 511 g/mol. The van der Waals surface area contributed by atoms with E-state index in [0.29, 0.717) is 6.61 Å². The third-order valence-electron chi connectivity index (χ3n) is 7.84. The molecule has 0 aromatic heterocycles. The van der Waals surface area contributed by atoms with E-state index in [4.69, 9.17) is 4.74 Å². The van der Waals surface area contributed by atoms with Crippen LogP contribution in [0.25, 0.3) is 0 Å². The molecule has 0 aliphatic heterocycles. The van der Waals surface area contributed by atoms with Crippen LogP contribution in [0.1, 0.15) is 200 Å². The van der Waals surface area contributed by atoms with Crippen molar-refractivity contribution in [2.24, 2.45) is 0 Å². The first-order valence-corrected chi connectivity index (χ1v) is 17.1. The van der Waals surface area contributed by atoms with E-state index in [1.807, 2.05) is 0 Å². The molecule has 0 spiro atoms. The zero-order valence-corrected chi connectivity index (χ0v) is 25.4. The average Bonchev–Trinajstić information content (AvgIpc) is 2.88. The first-order valence-electron chi connectivity index (χ1n) is 17.1. The van der Waals surface area contributed by atoms with Crippen molar-refractivity contribution in [3.63, 3.8) is 0 Å². The Bertz CT molecular complexity index is 370. The van der Waals surface area contributed by atoms with Gasteiger partial charge in [0, 0.05) is 6.61 Å². The highest BCUT2D eigenvalue weighted by Gasteiger charge is 2.04. The number of aliphatic hydroxyl groups is 1. The van der Waals surface area contributed by atoms with Gasteiger partial charge in [-0.3, -0.25) is 0 Å². The van der Waals surface area contributed by atoms with Crippen LogP contribution in [0.3, 0.4) is 0 Å². The normalized spacial score (nSPS) is 12.4. The molecule has 1 atom stereocenters. The lowest BCUT2D eigenvalue weighted by atomic mass is 10.0. The van der Waals surface area contributed by atoms with Crippen molar-refractivity contribution in [2.75, 3.05) is 13.2 Å². The Labute approximate surface area is 229 Å². The minimum Gasteiger partial charge on any atom is -0.391 e. The molecule has 1 N–H and O–H groups in total. The van der Waals surface area contributed by atoms with Gasteiger partial charge >= 0.3 is 0 Å². The molecule has 218 valence electrons. The highest BCUT2D eigenvalue weighted by molar-refractivity contribution is 4.56. The van der Waals surface area contributed by atoms with Gasteiger partial charge in [0.1, 0.15) is 0 Å². The van der Waals surface area contributed by atoms with Crippen LogP contribution in [0.5, 0.6) is 0 Å². The number of unbranched alkanes of at least 4 members (excludes halogenated alkanes) is 26. The fourth-order valence-corrected chi connectivity index (χ4v) is 5.28. The molecule has 0 fully saturated rings. The smallest absolute Gasteiger partial charge is 0.0773 e. The largest absolute Gasteiger partial charge is 0.391 e. The van der Waals surface area contributed by atoms with Crippen molar-refractivity contribution in [1.29, 1.82) is 0 Å². The molecule has 0 aliphatic rings. The summed E-state index contributed by atoms with van der Waals surface area (Å²) in [4.78, 5) is 0. The molecular weight excluding hydrogens is 440 g/mol. The van der Waals surface area contributed by atoms with Crippen LogP contribution < -0.4 is 0 Å².